The van der Waals surface area contributed by atoms with E-state index in [4.69, 9.17) is 4.43 Å². The predicted molar refractivity (Wildman–Crippen MR) is 157 cm³/mol. The first-order chi connectivity index (χ1) is 18.3. The lowest BCUT2D eigenvalue weighted by Crippen LogP contribution is -2.69. The Bertz CT molecular complexity index is 1160. The Labute approximate surface area is 239 Å². The number of hydrogen-bond acceptors (Lipinski definition) is 6. The third-order valence-corrected chi connectivity index (χ3v) is 16.1. The standard InChI is InChI=1S/C31H49FN2O5Si/c1-10-26(37)34-33-21-13-14-28(6)20(16-21)11-12-22-23-15-19(2)31(38,29(23,7)17-24(35)30(22,28)32)25(36)18-39-40(8,9)27(3,4)5/h13-14,16,19,22-24,35,38H,10-12,15,17-18H2,1-9H3,(H,34,37)/b33-21+/t19-,22+,23+,24+,28+,29+,30+,31+/m1/s1. The number of nitrogens with one attached hydrogen (secondary N) is 1. The Morgan fingerprint density at radius 3 is 2.50 bits per heavy atom. The molecule has 0 aromatic heterocycles. The summed E-state index contributed by atoms with van der Waals surface area (Å²) in [5.74, 6) is -1.75. The molecule has 40 heavy (non-hydrogen) atoms. The summed E-state index contributed by atoms with van der Waals surface area (Å²) in [6.07, 6.45) is 5.84. The van der Waals surface area contributed by atoms with E-state index >= 15 is 4.39 Å². The zero-order valence-corrected chi connectivity index (χ0v) is 26.7. The second kappa shape index (κ2) is 9.95. The van der Waals surface area contributed by atoms with Crippen molar-refractivity contribution in [1.82, 2.24) is 5.43 Å². The van der Waals surface area contributed by atoms with Crippen LogP contribution >= 0.6 is 0 Å². The summed E-state index contributed by atoms with van der Waals surface area (Å²) in [5, 5.41) is 27.9. The van der Waals surface area contributed by atoms with E-state index in [2.05, 4.69) is 44.4 Å². The molecule has 8 atom stereocenters. The highest BCUT2D eigenvalue weighted by Gasteiger charge is 2.75. The second-order valence-corrected chi connectivity index (χ2v) is 19.5. The van der Waals surface area contributed by atoms with Gasteiger partial charge in [0.15, 0.2) is 19.8 Å². The van der Waals surface area contributed by atoms with Gasteiger partial charge >= 0.3 is 0 Å². The van der Waals surface area contributed by atoms with Crippen LogP contribution in [0.3, 0.4) is 0 Å². The van der Waals surface area contributed by atoms with Gasteiger partial charge in [0.1, 0.15) is 5.60 Å². The normalized spacial score (nSPS) is 42.1. The molecule has 7 nitrogen and oxygen atoms in total. The minimum atomic E-state index is -2.23. The van der Waals surface area contributed by atoms with Crippen molar-refractivity contribution in [3.05, 3.63) is 23.8 Å². The van der Waals surface area contributed by atoms with Gasteiger partial charge in [0.2, 0.25) is 5.91 Å². The van der Waals surface area contributed by atoms with Gasteiger partial charge in [-0.3, -0.25) is 9.59 Å². The number of alkyl halides is 1. The molecule has 224 valence electrons. The van der Waals surface area contributed by atoms with Gasteiger partial charge in [-0.1, -0.05) is 53.2 Å². The Balaban J connectivity index is 1.65. The first kappa shape index (κ1) is 31.3. The Morgan fingerprint density at radius 2 is 1.90 bits per heavy atom. The highest BCUT2D eigenvalue weighted by atomic mass is 28.4. The molecule has 1 amide bonds. The lowest BCUT2D eigenvalue weighted by molar-refractivity contribution is -0.219. The summed E-state index contributed by atoms with van der Waals surface area (Å²) in [7, 11) is -2.23. The number of allylic oxidation sites excluding steroid dienone is 4. The van der Waals surface area contributed by atoms with Crippen LogP contribution in [0, 0.1) is 28.6 Å². The first-order valence-electron chi connectivity index (χ1n) is 14.8. The van der Waals surface area contributed by atoms with E-state index in [1.165, 1.54) is 0 Å². The van der Waals surface area contributed by atoms with Gasteiger partial charge < -0.3 is 14.6 Å². The quantitative estimate of drug-likeness (QED) is 0.296. The largest absolute Gasteiger partial charge is 0.409 e. The average molecular weight is 577 g/mol. The zero-order chi connectivity index (χ0) is 30.1. The molecule has 0 aromatic carbocycles. The summed E-state index contributed by atoms with van der Waals surface area (Å²) >= 11 is 0. The molecule has 0 bridgehead atoms. The van der Waals surface area contributed by atoms with Crippen LogP contribution in [0.25, 0.3) is 0 Å². The van der Waals surface area contributed by atoms with Crippen molar-refractivity contribution in [2.24, 2.45) is 33.7 Å². The molecule has 0 unspecified atom stereocenters. The van der Waals surface area contributed by atoms with Crippen LogP contribution < -0.4 is 5.43 Å². The number of aliphatic hydroxyl groups is 2. The zero-order valence-electron chi connectivity index (χ0n) is 25.7. The summed E-state index contributed by atoms with van der Waals surface area (Å²) in [4.78, 5) is 25.5. The van der Waals surface area contributed by atoms with Crippen LogP contribution in [0.4, 0.5) is 4.39 Å². The molecule has 0 aromatic rings. The van der Waals surface area contributed by atoms with E-state index in [1.807, 2.05) is 26.8 Å². The molecule has 4 aliphatic carbocycles. The van der Waals surface area contributed by atoms with Crippen LogP contribution in [0.5, 0.6) is 0 Å². The smallest absolute Gasteiger partial charge is 0.239 e. The number of carbonyl (C=O) groups excluding carboxylic acids is 2. The van der Waals surface area contributed by atoms with Crippen molar-refractivity contribution in [1.29, 1.82) is 0 Å². The van der Waals surface area contributed by atoms with Crippen molar-refractivity contribution < 1.29 is 28.6 Å². The molecule has 3 N–H and O–H groups in total. The molecular weight excluding hydrogens is 527 g/mol. The van der Waals surface area contributed by atoms with Crippen LogP contribution in [-0.4, -0.2) is 59.9 Å². The Morgan fingerprint density at radius 1 is 1.25 bits per heavy atom. The van der Waals surface area contributed by atoms with E-state index in [-0.39, 0.29) is 41.6 Å². The molecule has 9 heteroatoms. The fourth-order valence-electron chi connectivity index (χ4n) is 8.00. The number of ketones is 1. The van der Waals surface area contributed by atoms with E-state index in [0.717, 1.165) is 5.57 Å². The van der Waals surface area contributed by atoms with Gasteiger partial charge in [-0.05, 0) is 74.7 Å². The van der Waals surface area contributed by atoms with E-state index in [9.17, 15) is 19.8 Å². The third kappa shape index (κ3) is 4.33. The van der Waals surface area contributed by atoms with Crippen molar-refractivity contribution in [3.63, 3.8) is 0 Å². The highest BCUT2D eigenvalue weighted by molar-refractivity contribution is 6.74. The molecule has 0 radical (unpaired) electrons. The number of Topliss-reactive ketones (excluding diaryl/α,β-unsaturated/α-hetero) is 1. The van der Waals surface area contributed by atoms with Gasteiger partial charge in [0.05, 0.1) is 18.4 Å². The molecule has 3 fully saturated rings. The maximum atomic E-state index is 17.6. The molecule has 0 spiro atoms. The van der Waals surface area contributed by atoms with Crippen LogP contribution in [0.2, 0.25) is 18.1 Å². The topological polar surface area (TPSA) is 108 Å². The van der Waals surface area contributed by atoms with E-state index in [0.29, 0.717) is 31.4 Å². The maximum absolute atomic E-state index is 17.6. The van der Waals surface area contributed by atoms with Gasteiger partial charge in [-0.25, -0.2) is 9.82 Å². The van der Waals surface area contributed by atoms with Crippen molar-refractivity contribution >= 4 is 25.7 Å². The number of hydrazone groups is 1. The summed E-state index contributed by atoms with van der Waals surface area (Å²) in [6.45, 7) is 17.6. The lowest BCUT2D eigenvalue weighted by Gasteiger charge is -2.62. The predicted octanol–water partition coefficient (Wildman–Crippen LogP) is 5.24. The number of hydrogen-bond donors (Lipinski definition) is 3. The number of aliphatic hydroxyl groups excluding tert-OH is 1. The fourth-order valence-corrected chi connectivity index (χ4v) is 8.92. The van der Waals surface area contributed by atoms with Crippen molar-refractivity contribution in [3.8, 4) is 0 Å². The molecule has 3 saturated carbocycles. The van der Waals surface area contributed by atoms with Crippen LogP contribution in [0.1, 0.15) is 80.6 Å². The number of rotatable bonds is 6. The molecule has 4 rings (SSSR count). The van der Waals surface area contributed by atoms with Gasteiger partial charge in [0, 0.05) is 23.2 Å². The molecule has 0 saturated heterocycles. The SMILES string of the molecule is CCC(=O)N/N=C1\C=C[C@@]2(C)C(=C1)CC[C@H]1[C@@H]3C[C@@H](C)[C@](O)(C(=O)CO[Si](C)(C)C(C)(C)C)[C@@]3(C)C[C@H](O)[C@@]12F. The number of fused-ring (bicyclic) bond motifs is 5. The van der Waals surface area contributed by atoms with E-state index < -0.39 is 42.4 Å². The number of nitrogens with zero attached hydrogens (tertiary/aromatic N) is 1. The molecule has 0 aliphatic heterocycles. The number of carbonyl (C=O) groups is 2. The molecule has 0 heterocycles. The van der Waals surface area contributed by atoms with Crippen molar-refractivity contribution in [2.45, 2.75) is 116 Å². The van der Waals surface area contributed by atoms with Gasteiger partial charge in [0.25, 0.3) is 0 Å². The van der Waals surface area contributed by atoms with Gasteiger partial charge in [-0.2, -0.15) is 5.10 Å². The molecule has 4 aliphatic rings. The number of halogens is 1. The highest BCUT2D eigenvalue weighted by Crippen LogP contribution is 2.70. The minimum Gasteiger partial charge on any atom is -0.409 e. The van der Waals surface area contributed by atoms with Crippen LogP contribution in [-0.2, 0) is 14.0 Å². The van der Waals surface area contributed by atoms with Crippen molar-refractivity contribution in [2.75, 3.05) is 6.61 Å². The lowest BCUT2D eigenvalue weighted by atomic mass is 9.44. The van der Waals surface area contributed by atoms with E-state index in [1.54, 1.807) is 19.1 Å². The number of amides is 1. The second-order valence-electron chi connectivity index (χ2n) is 14.7. The minimum absolute atomic E-state index is 0.0123. The average Bonchev–Trinajstić information content (AvgIpc) is 3.07. The summed E-state index contributed by atoms with van der Waals surface area (Å²) in [5.41, 5.74) is -1.83. The summed E-state index contributed by atoms with van der Waals surface area (Å²) < 4.78 is 23.9. The Kier molecular flexibility index (Phi) is 7.78. The maximum Gasteiger partial charge on any atom is 0.239 e. The summed E-state index contributed by atoms with van der Waals surface area (Å²) in [6, 6.07) is 0. The fraction of sp³-hybridized carbons (Fsp3) is 0.774. The molecular formula is C31H49FN2O5Si. The monoisotopic (exact) mass is 576 g/mol. The Hall–Kier alpha value is -1.68. The van der Waals surface area contributed by atoms with Crippen LogP contribution in [0.15, 0.2) is 28.9 Å². The first-order valence-corrected chi connectivity index (χ1v) is 17.7. The third-order valence-electron chi connectivity index (χ3n) is 11.7. The van der Waals surface area contributed by atoms with Gasteiger partial charge in [-0.15, -0.1) is 0 Å².